The van der Waals surface area contributed by atoms with Gasteiger partial charge in [-0.15, -0.1) is 0 Å². The quantitative estimate of drug-likeness (QED) is 0.637. The summed E-state index contributed by atoms with van der Waals surface area (Å²) in [6, 6.07) is 13.3. The molecular formula is C18H17ClN2OS. The topological polar surface area (TPSA) is 41.1 Å². The Balaban J connectivity index is 1.93. The first-order chi connectivity index (χ1) is 11.0. The number of amides is 1. The first-order valence-electron chi connectivity index (χ1n) is 7.07. The molecule has 2 rings (SSSR count). The molecule has 3 nitrogen and oxygen atoms in total. The van der Waals surface area contributed by atoms with Crippen LogP contribution in [0.5, 0.6) is 0 Å². The molecule has 0 aliphatic rings. The lowest BCUT2D eigenvalue weighted by Gasteiger charge is -2.11. The normalized spacial score (nSPS) is 10.6. The molecule has 2 aromatic rings. The molecule has 5 heteroatoms. The number of carbonyl (C=O) groups is 1. The average Bonchev–Trinajstić information content (AvgIpc) is 2.51. The molecule has 0 saturated carbocycles. The number of hydrogen-bond donors (Lipinski definition) is 2. The monoisotopic (exact) mass is 344 g/mol. The highest BCUT2D eigenvalue weighted by Gasteiger charge is 2.05. The van der Waals surface area contributed by atoms with Gasteiger partial charge in [-0.2, -0.15) is 0 Å². The summed E-state index contributed by atoms with van der Waals surface area (Å²) in [5.41, 5.74) is 3.77. The second kappa shape index (κ2) is 7.90. The number of rotatable bonds is 3. The van der Waals surface area contributed by atoms with E-state index in [0.29, 0.717) is 5.02 Å². The van der Waals surface area contributed by atoms with E-state index in [9.17, 15) is 4.79 Å². The lowest BCUT2D eigenvalue weighted by atomic mass is 10.1. The lowest BCUT2D eigenvalue weighted by molar-refractivity contribution is -0.115. The molecule has 23 heavy (non-hydrogen) atoms. The predicted molar refractivity (Wildman–Crippen MR) is 101 cm³/mol. The van der Waals surface area contributed by atoms with Crippen molar-refractivity contribution in [1.82, 2.24) is 5.32 Å². The lowest BCUT2D eigenvalue weighted by Crippen LogP contribution is -2.33. The smallest absolute Gasteiger partial charge is 0.250 e. The Morgan fingerprint density at radius 1 is 1.13 bits per heavy atom. The Hall–Kier alpha value is -2.17. The number of nitrogens with one attached hydrogen (secondary N) is 2. The number of anilines is 1. The molecule has 118 valence electrons. The molecule has 0 bridgehead atoms. The second-order valence-electron chi connectivity index (χ2n) is 5.10. The van der Waals surface area contributed by atoms with E-state index in [-0.39, 0.29) is 11.0 Å². The van der Waals surface area contributed by atoms with Crippen LogP contribution in [-0.4, -0.2) is 11.0 Å². The molecule has 0 saturated heterocycles. The van der Waals surface area contributed by atoms with E-state index < -0.39 is 0 Å². The number of benzene rings is 2. The maximum absolute atomic E-state index is 11.9. The SMILES string of the molecule is Cc1ccc(/C=C/C(=O)NC(=S)Nc2cccc(Cl)c2C)cc1. The molecule has 0 aliphatic heterocycles. The highest BCUT2D eigenvalue weighted by molar-refractivity contribution is 7.80. The van der Waals surface area contributed by atoms with Gasteiger partial charge in [-0.05, 0) is 55.4 Å². The van der Waals surface area contributed by atoms with Crippen LogP contribution in [0.25, 0.3) is 6.08 Å². The van der Waals surface area contributed by atoms with Crippen LogP contribution >= 0.6 is 23.8 Å². The molecule has 0 spiro atoms. The number of hydrogen-bond acceptors (Lipinski definition) is 2. The molecular weight excluding hydrogens is 328 g/mol. The molecule has 2 aromatic carbocycles. The van der Waals surface area contributed by atoms with Crippen LogP contribution in [-0.2, 0) is 4.79 Å². The van der Waals surface area contributed by atoms with Crippen molar-refractivity contribution in [2.24, 2.45) is 0 Å². The van der Waals surface area contributed by atoms with E-state index in [0.717, 1.165) is 16.8 Å². The molecule has 2 N–H and O–H groups in total. The summed E-state index contributed by atoms with van der Waals surface area (Å²) >= 11 is 11.2. The number of halogens is 1. The molecule has 0 fully saturated rings. The van der Waals surface area contributed by atoms with Gasteiger partial charge in [0.25, 0.3) is 0 Å². The van der Waals surface area contributed by atoms with Crippen LogP contribution < -0.4 is 10.6 Å². The van der Waals surface area contributed by atoms with Crippen LogP contribution in [0.4, 0.5) is 5.69 Å². The van der Waals surface area contributed by atoms with Crippen molar-refractivity contribution in [1.29, 1.82) is 0 Å². The van der Waals surface area contributed by atoms with Crippen molar-refractivity contribution in [2.45, 2.75) is 13.8 Å². The minimum absolute atomic E-state index is 0.230. The third kappa shape index (κ3) is 5.20. The highest BCUT2D eigenvalue weighted by atomic mass is 35.5. The highest BCUT2D eigenvalue weighted by Crippen LogP contribution is 2.22. The van der Waals surface area contributed by atoms with Gasteiger partial charge in [0.2, 0.25) is 5.91 Å². The molecule has 0 unspecified atom stereocenters. The van der Waals surface area contributed by atoms with Gasteiger partial charge >= 0.3 is 0 Å². The number of thiocarbonyl (C=S) groups is 1. The minimum Gasteiger partial charge on any atom is -0.332 e. The Morgan fingerprint density at radius 3 is 2.52 bits per heavy atom. The van der Waals surface area contributed by atoms with Crippen LogP contribution in [0, 0.1) is 13.8 Å². The summed E-state index contributed by atoms with van der Waals surface area (Å²) < 4.78 is 0. The van der Waals surface area contributed by atoms with E-state index in [1.165, 1.54) is 11.6 Å². The van der Waals surface area contributed by atoms with E-state index in [4.69, 9.17) is 23.8 Å². The van der Waals surface area contributed by atoms with E-state index >= 15 is 0 Å². The van der Waals surface area contributed by atoms with Gasteiger partial charge in [-0.3, -0.25) is 10.1 Å². The molecule has 1 amide bonds. The Kier molecular flexibility index (Phi) is 5.90. The molecule has 0 aromatic heterocycles. The first-order valence-corrected chi connectivity index (χ1v) is 7.86. The minimum atomic E-state index is -0.289. The van der Waals surface area contributed by atoms with E-state index in [1.807, 2.05) is 50.2 Å². The van der Waals surface area contributed by atoms with Crippen molar-refractivity contribution in [3.05, 3.63) is 70.3 Å². The zero-order valence-electron chi connectivity index (χ0n) is 12.9. The van der Waals surface area contributed by atoms with Crippen LogP contribution in [0.15, 0.2) is 48.5 Å². The van der Waals surface area contributed by atoms with Gasteiger partial charge in [0.1, 0.15) is 0 Å². The molecule has 0 heterocycles. The van der Waals surface area contributed by atoms with Crippen molar-refractivity contribution in [3.8, 4) is 0 Å². The first kappa shape index (κ1) is 17.2. The van der Waals surface area contributed by atoms with Gasteiger partial charge in [0, 0.05) is 16.8 Å². The predicted octanol–water partition coefficient (Wildman–Crippen LogP) is 4.48. The summed E-state index contributed by atoms with van der Waals surface area (Å²) in [4.78, 5) is 11.9. The standard InChI is InChI=1S/C18H17ClN2OS/c1-12-6-8-14(9-7-12)10-11-17(22)21-18(23)20-16-5-3-4-15(19)13(16)2/h3-11H,1-2H3,(H2,20,21,22,23)/b11-10+. The fourth-order valence-electron chi connectivity index (χ4n) is 1.90. The molecule has 0 radical (unpaired) electrons. The van der Waals surface area contributed by atoms with Gasteiger partial charge in [-0.25, -0.2) is 0 Å². The summed E-state index contributed by atoms with van der Waals surface area (Å²) in [7, 11) is 0. The molecule has 0 aliphatic carbocycles. The third-order valence-electron chi connectivity index (χ3n) is 3.26. The Labute approximate surface area is 146 Å². The second-order valence-corrected chi connectivity index (χ2v) is 5.92. The van der Waals surface area contributed by atoms with E-state index in [2.05, 4.69) is 10.6 Å². The van der Waals surface area contributed by atoms with Crippen molar-refractivity contribution in [2.75, 3.05) is 5.32 Å². The van der Waals surface area contributed by atoms with Crippen LogP contribution in [0.1, 0.15) is 16.7 Å². The van der Waals surface area contributed by atoms with Gasteiger partial charge in [-0.1, -0.05) is 47.5 Å². The van der Waals surface area contributed by atoms with Crippen LogP contribution in [0.3, 0.4) is 0 Å². The Bertz CT molecular complexity index is 754. The fraction of sp³-hybridized carbons (Fsp3) is 0.111. The summed E-state index contributed by atoms with van der Waals surface area (Å²) in [5, 5.41) is 6.45. The largest absolute Gasteiger partial charge is 0.332 e. The Morgan fingerprint density at radius 2 is 1.83 bits per heavy atom. The fourth-order valence-corrected chi connectivity index (χ4v) is 2.28. The number of carbonyl (C=O) groups excluding carboxylic acids is 1. The number of aryl methyl sites for hydroxylation is 1. The van der Waals surface area contributed by atoms with Gasteiger partial charge in [0.15, 0.2) is 5.11 Å². The zero-order chi connectivity index (χ0) is 16.8. The van der Waals surface area contributed by atoms with Gasteiger partial charge < -0.3 is 5.32 Å². The van der Waals surface area contributed by atoms with Gasteiger partial charge in [0.05, 0.1) is 0 Å². The van der Waals surface area contributed by atoms with Crippen molar-refractivity contribution < 1.29 is 4.79 Å². The summed E-state index contributed by atoms with van der Waals surface area (Å²) in [5.74, 6) is -0.289. The van der Waals surface area contributed by atoms with E-state index in [1.54, 1.807) is 12.1 Å². The van der Waals surface area contributed by atoms with Crippen molar-refractivity contribution >= 4 is 46.6 Å². The molecule has 0 atom stereocenters. The summed E-state index contributed by atoms with van der Waals surface area (Å²) in [6.07, 6.45) is 3.19. The maximum atomic E-state index is 11.9. The van der Waals surface area contributed by atoms with Crippen molar-refractivity contribution in [3.63, 3.8) is 0 Å². The van der Waals surface area contributed by atoms with Crippen LogP contribution in [0.2, 0.25) is 5.02 Å². The maximum Gasteiger partial charge on any atom is 0.250 e. The third-order valence-corrected chi connectivity index (χ3v) is 3.87. The zero-order valence-corrected chi connectivity index (χ0v) is 14.5. The average molecular weight is 345 g/mol. The summed E-state index contributed by atoms with van der Waals surface area (Å²) in [6.45, 7) is 3.90.